The Morgan fingerprint density at radius 2 is 0.706 bits per heavy atom. The molecule has 6 atom stereocenters. The van der Waals surface area contributed by atoms with Gasteiger partial charge in [-0.05, 0) is 93.1 Å². The van der Waals surface area contributed by atoms with Crippen molar-refractivity contribution in [3.8, 4) is 17.2 Å². The van der Waals surface area contributed by atoms with Crippen LogP contribution in [0.3, 0.4) is 0 Å². The van der Waals surface area contributed by atoms with Gasteiger partial charge in [0, 0.05) is 19.3 Å². The smallest absolute Gasteiger partial charge is 0.475 e. The highest BCUT2D eigenvalue weighted by atomic mass is 31.2. The van der Waals surface area contributed by atoms with Crippen LogP contribution < -0.4 is 30.2 Å². The van der Waals surface area contributed by atoms with E-state index in [9.17, 15) is 14.4 Å². The van der Waals surface area contributed by atoms with E-state index in [-0.39, 0.29) is 17.7 Å². The molecule has 3 rings (SSSR count). The van der Waals surface area contributed by atoms with Crippen LogP contribution in [0, 0.1) is 0 Å². The maximum absolute atomic E-state index is 15.8. The van der Waals surface area contributed by atoms with Gasteiger partial charge in [0.25, 0.3) is 0 Å². The Bertz CT molecular complexity index is 1750. The summed E-state index contributed by atoms with van der Waals surface area (Å²) in [7, 11) is -0.0513. The lowest BCUT2D eigenvalue weighted by molar-refractivity contribution is -0.123. The van der Waals surface area contributed by atoms with Gasteiger partial charge in [0.05, 0.1) is 57.8 Å². The number of carbonyl (C=O) groups is 3. The van der Waals surface area contributed by atoms with Crippen LogP contribution in [0.2, 0.25) is 0 Å². The van der Waals surface area contributed by atoms with Gasteiger partial charge in [-0.1, -0.05) is 134 Å². The quantitative estimate of drug-likeness (QED) is 0.0378. The van der Waals surface area contributed by atoms with Gasteiger partial charge in [0.1, 0.15) is 17.2 Å². The van der Waals surface area contributed by atoms with E-state index >= 15 is 4.57 Å². The SMILES string of the molecule is CCCCCCCC(=O)NC(c1cccc(OC)c1)C(C)OP(=O)(OC(C)C(NC(=O)CCCCCCC)c1cccc(OC)c1)OC(C)C(NC(=O)CCCCCCC)c1cccc(OC)c1. The zero-order chi connectivity index (χ0) is 49.7. The number of carbonyl (C=O) groups excluding carboxylic acids is 3. The molecule has 3 aromatic carbocycles. The first-order valence-electron chi connectivity index (χ1n) is 25.2. The number of unbranched alkanes of at least 4 members (excludes halogenated alkanes) is 12. The number of methoxy groups -OCH3 is 3. The second-order valence-corrected chi connectivity index (χ2v) is 19.4. The van der Waals surface area contributed by atoms with Crippen LogP contribution in [0.15, 0.2) is 72.8 Å². The molecule has 13 nitrogen and oxygen atoms in total. The van der Waals surface area contributed by atoms with Crippen molar-refractivity contribution in [3.05, 3.63) is 89.5 Å². The number of benzene rings is 3. The first-order chi connectivity index (χ1) is 32.8. The zero-order valence-corrected chi connectivity index (χ0v) is 43.5. The molecule has 0 spiro atoms. The molecule has 0 aliphatic heterocycles. The largest absolute Gasteiger partial charge is 0.497 e. The summed E-state index contributed by atoms with van der Waals surface area (Å²) in [6, 6.07) is 19.4. The van der Waals surface area contributed by atoms with Gasteiger partial charge in [-0.3, -0.25) is 28.0 Å². The van der Waals surface area contributed by atoms with E-state index in [1.165, 1.54) is 0 Å². The predicted molar refractivity (Wildman–Crippen MR) is 271 cm³/mol. The van der Waals surface area contributed by atoms with Crippen molar-refractivity contribution >= 4 is 25.5 Å². The molecular weight excluding hydrogens is 882 g/mol. The molecule has 0 aromatic heterocycles. The van der Waals surface area contributed by atoms with Crippen molar-refractivity contribution in [2.45, 2.75) is 194 Å². The summed E-state index contributed by atoms with van der Waals surface area (Å²) < 4.78 is 52.3. The molecule has 0 bridgehead atoms. The number of nitrogens with one attached hydrogen (secondary N) is 3. The van der Waals surface area contributed by atoms with Crippen molar-refractivity contribution in [2.24, 2.45) is 0 Å². The lowest BCUT2D eigenvalue weighted by Crippen LogP contribution is -2.39. The van der Waals surface area contributed by atoms with Crippen molar-refractivity contribution in [3.63, 3.8) is 0 Å². The van der Waals surface area contributed by atoms with E-state index in [0.29, 0.717) is 53.2 Å². The number of amides is 3. The molecule has 0 heterocycles. The summed E-state index contributed by atoms with van der Waals surface area (Å²) in [5.41, 5.74) is 1.97. The van der Waals surface area contributed by atoms with Gasteiger partial charge in [-0.25, -0.2) is 4.57 Å². The average Bonchev–Trinajstić information content (AvgIpc) is 3.33. The fourth-order valence-electron chi connectivity index (χ4n) is 8.19. The van der Waals surface area contributed by atoms with Gasteiger partial charge in [-0.15, -0.1) is 0 Å². The summed E-state index contributed by atoms with van der Waals surface area (Å²) in [5.74, 6) is 1.14. The molecule has 0 radical (unpaired) electrons. The Morgan fingerprint density at radius 1 is 0.441 bits per heavy atom. The lowest BCUT2D eigenvalue weighted by Gasteiger charge is -2.35. The molecule has 3 amide bonds. The molecule has 14 heteroatoms. The average molecular weight is 966 g/mol. The minimum Gasteiger partial charge on any atom is -0.497 e. The Balaban J connectivity index is 2.11. The Hall–Kier alpha value is -4.42. The third kappa shape index (κ3) is 21.1. The lowest BCUT2D eigenvalue weighted by atomic mass is 10.0. The van der Waals surface area contributed by atoms with E-state index in [1.54, 1.807) is 78.5 Å². The second kappa shape index (κ2) is 32.4. The summed E-state index contributed by atoms with van der Waals surface area (Å²) in [6.45, 7) is 11.6. The monoisotopic (exact) mass is 966 g/mol. The molecule has 0 saturated heterocycles. The van der Waals surface area contributed by atoms with Gasteiger partial charge < -0.3 is 30.2 Å². The standard InChI is InChI=1S/C54H84N3O10P/c1-10-13-16-19-22-34-49(58)55-52(43-28-25-31-46(37-43)62-7)40(4)65-68(61,66-41(5)53(44-29-26-32-47(38-44)63-8)56-50(59)35-23-20-17-14-11-2)67-42(6)54(45-30-27-33-48(39-45)64-9)57-51(60)36-24-21-18-15-12-3/h25-33,37-42,52-54H,10-24,34-36H2,1-9H3,(H,55,58)(H,56,59)(H,57,60). The molecule has 68 heavy (non-hydrogen) atoms. The van der Waals surface area contributed by atoms with Crippen LogP contribution in [0.25, 0.3) is 0 Å². The predicted octanol–water partition coefficient (Wildman–Crippen LogP) is 13.0. The molecular formula is C54H84N3O10P. The molecule has 3 N–H and O–H groups in total. The number of hydrogen-bond donors (Lipinski definition) is 3. The first-order valence-corrected chi connectivity index (χ1v) is 26.7. The van der Waals surface area contributed by atoms with Gasteiger partial charge in [0.2, 0.25) is 17.7 Å². The third-order valence-electron chi connectivity index (χ3n) is 12.1. The Kier molecular flexibility index (Phi) is 27.6. The Labute approximate surface area is 408 Å². The third-order valence-corrected chi connectivity index (χ3v) is 13.9. The van der Waals surface area contributed by atoms with Gasteiger partial charge >= 0.3 is 7.82 Å². The number of phosphoric ester groups is 1. The number of hydrogen-bond acceptors (Lipinski definition) is 10. The topological polar surface area (TPSA) is 160 Å². The summed E-state index contributed by atoms with van der Waals surface area (Å²) in [6.07, 6.45) is 12.6. The molecule has 380 valence electrons. The van der Waals surface area contributed by atoms with Gasteiger partial charge in [-0.2, -0.15) is 0 Å². The summed E-state index contributed by atoms with van der Waals surface area (Å²) in [5, 5.41) is 9.45. The second-order valence-electron chi connectivity index (χ2n) is 17.8. The summed E-state index contributed by atoms with van der Waals surface area (Å²) >= 11 is 0. The van der Waals surface area contributed by atoms with Crippen LogP contribution in [0.4, 0.5) is 0 Å². The highest BCUT2D eigenvalue weighted by molar-refractivity contribution is 7.48. The number of phosphoric acid groups is 1. The molecule has 3 aromatic rings. The number of rotatable bonds is 36. The van der Waals surface area contributed by atoms with E-state index in [4.69, 9.17) is 27.8 Å². The van der Waals surface area contributed by atoms with Crippen molar-refractivity contribution in [1.29, 1.82) is 0 Å². The summed E-state index contributed by atoms with van der Waals surface area (Å²) in [4.78, 5) is 41.0. The van der Waals surface area contributed by atoms with Crippen LogP contribution >= 0.6 is 7.82 Å². The zero-order valence-electron chi connectivity index (χ0n) is 42.6. The van der Waals surface area contributed by atoms with Crippen LogP contribution in [-0.2, 0) is 32.5 Å². The maximum atomic E-state index is 15.8. The van der Waals surface area contributed by atoms with Crippen LogP contribution in [-0.4, -0.2) is 57.4 Å². The van der Waals surface area contributed by atoms with E-state index in [1.807, 2.05) is 36.4 Å². The first kappa shape index (κ1) is 57.9. The minimum absolute atomic E-state index is 0.186. The minimum atomic E-state index is -4.75. The molecule has 0 aliphatic rings. The van der Waals surface area contributed by atoms with Crippen molar-refractivity contribution in [2.75, 3.05) is 21.3 Å². The van der Waals surface area contributed by atoms with Crippen molar-refractivity contribution in [1.82, 2.24) is 16.0 Å². The highest BCUT2D eigenvalue weighted by Crippen LogP contribution is 2.56. The van der Waals surface area contributed by atoms with E-state index in [2.05, 4.69) is 36.7 Å². The fourth-order valence-corrected chi connectivity index (χ4v) is 9.93. The van der Waals surface area contributed by atoms with E-state index in [0.717, 1.165) is 96.3 Å². The van der Waals surface area contributed by atoms with Crippen LogP contribution in [0.5, 0.6) is 17.2 Å². The van der Waals surface area contributed by atoms with E-state index < -0.39 is 44.3 Å². The highest BCUT2D eigenvalue weighted by Gasteiger charge is 2.41. The molecule has 6 unspecified atom stereocenters. The molecule has 0 saturated carbocycles. The van der Waals surface area contributed by atoms with Crippen LogP contribution in [0.1, 0.15) is 192 Å². The van der Waals surface area contributed by atoms with Crippen molar-refractivity contribution < 1.29 is 46.7 Å². The Morgan fingerprint density at radius 3 is 0.956 bits per heavy atom. The number of ether oxygens (including phenoxy) is 3. The molecule has 0 aliphatic carbocycles. The normalized spacial score (nSPS) is 14.9. The maximum Gasteiger partial charge on any atom is 0.475 e. The fraction of sp³-hybridized carbons (Fsp3) is 0.611. The molecule has 0 fully saturated rings. The van der Waals surface area contributed by atoms with Gasteiger partial charge in [0.15, 0.2) is 0 Å².